The lowest BCUT2D eigenvalue weighted by Crippen LogP contribution is -2.50. The fourth-order valence-corrected chi connectivity index (χ4v) is 6.63. The average molecular weight is 527 g/mol. The van der Waals surface area contributed by atoms with Crippen LogP contribution in [0, 0.1) is 0 Å². The summed E-state index contributed by atoms with van der Waals surface area (Å²) in [5.41, 5.74) is 3.95. The Morgan fingerprint density at radius 1 is 1.05 bits per heavy atom. The number of carbonyl (C=O) groups excluding carboxylic acids is 3. The largest absolute Gasteiger partial charge is 0.352 e. The van der Waals surface area contributed by atoms with Gasteiger partial charge in [-0.1, -0.05) is 48.7 Å². The lowest BCUT2D eigenvalue weighted by atomic mass is 9.99. The second-order valence-electron chi connectivity index (χ2n) is 9.54. The standard InChI is InChI=1S/C28H26N6O3S/c1-2-22(35)31-17-8-9-18(14-17)32-26(36)25-24-23-21(11-13-30-27(23)38-25)34(28(37)33-24)19-10-12-29-20(15-19)16-6-4-3-5-7-16/h2-7,10-13,15,17-18,24-25H,1,8-9,14H2,(H,31,35)(H,32,36)(H,33,37)/t17-,18-,24?,25?/m1/s1. The van der Waals surface area contributed by atoms with Crippen molar-refractivity contribution in [2.45, 2.75) is 47.7 Å². The predicted molar refractivity (Wildman–Crippen MR) is 145 cm³/mol. The second-order valence-corrected chi connectivity index (χ2v) is 10.7. The number of nitrogens with zero attached hydrogens (tertiary/aromatic N) is 3. The van der Waals surface area contributed by atoms with Gasteiger partial charge in [0.05, 0.1) is 23.1 Å². The molecule has 10 heteroatoms. The van der Waals surface area contributed by atoms with Crippen LogP contribution in [-0.2, 0) is 9.59 Å². The first-order valence-electron chi connectivity index (χ1n) is 12.5. The number of hydrogen-bond acceptors (Lipinski definition) is 6. The minimum absolute atomic E-state index is 0.0107. The summed E-state index contributed by atoms with van der Waals surface area (Å²) >= 11 is 1.37. The molecule has 2 aliphatic heterocycles. The van der Waals surface area contributed by atoms with Crippen molar-refractivity contribution in [2.24, 2.45) is 0 Å². The number of nitrogens with one attached hydrogen (secondary N) is 3. The van der Waals surface area contributed by atoms with E-state index in [4.69, 9.17) is 0 Å². The molecule has 3 aromatic rings. The topological polar surface area (TPSA) is 116 Å². The number of rotatable bonds is 6. The van der Waals surface area contributed by atoms with Gasteiger partial charge in [0, 0.05) is 35.6 Å². The SMILES string of the molecule is C=CC(=O)N[C@@H]1CC[C@@H](NC(=O)C2Sc3nccc4c3C2NC(=O)N4c2ccnc(-c3ccccc3)c2)C1. The minimum Gasteiger partial charge on any atom is -0.352 e. The van der Waals surface area contributed by atoms with Gasteiger partial charge in [-0.2, -0.15) is 0 Å². The van der Waals surface area contributed by atoms with Crippen LogP contribution < -0.4 is 20.9 Å². The highest BCUT2D eigenvalue weighted by Crippen LogP contribution is 2.50. The van der Waals surface area contributed by atoms with E-state index in [-0.39, 0.29) is 29.9 Å². The lowest BCUT2D eigenvalue weighted by molar-refractivity contribution is -0.121. The molecule has 1 saturated carbocycles. The van der Waals surface area contributed by atoms with E-state index in [1.165, 1.54) is 17.8 Å². The molecule has 1 aromatic carbocycles. The second kappa shape index (κ2) is 9.94. The molecule has 0 saturated heterocycles. The Morgan fingerprint density at radius 3 is 2.61 bits per heavy atom. The van der Waals surface area contributed by atoms with Gasteiger partial charge in [0.25, 0.3) is 0 Å². The summed E-state index contributed by atoms with van der Waals surface area (Å²) in [5.74, 6) is -0.351. The van der Waals surface area contributed by atoms with Gasteiger partial charge in [0.2, 0.25) is 11.8 Å². The fraction of sp³-hybridized carbons (Fsp3) is 0.250. The molecule has 4 amide bonds. The Bertz CT molecular complexity index is 1430. The number of carbonyl (C=O) groups is 3. The average Bonchev–Trinajstić information content (AvgIpc) is 3.54. The molecule has 0 spiro atoms. The summed E-state index contributed by atoms with van der Waals surface area (Å²) in [7, 11) is 0. The zero-order valence-electron chi connectivity index (χ0n) is 20.5. The molecule has 0 bridgehead atoms. The molecule has 6 rings (SSSR count). The van der Waals surface area contributed by atoms with Gasteiger partial charge in [0.1, 0.15) is 10.3 Å². The molecule has 3 N–H and O–H groups in total. The van der Waals surface area contributed by atoms with E-state index >= 15 is 0 Å². The Morgan fingerprint density at radius 2 is 1.82 bits per heavy atom. The molecule has 1 aliphatic carbocycles. The zero-order chi connectivity index (χ0) is 26.2. The molecule has 38 heavy (non-hydrogen) atoms. The van der Waals surface area contributed by atoms with Crippen LogP contribution in [0.25, 0.3) is 11.3 Å². The monoisotopic (exact) mass is 526 g/mol. The fourth-order valence-electron chi connectivity index (χ4n) is 5.39. The summed E-state index contributed by atoms with van der Waals surface area (Å²) < 4.78 is 0. The normalized spacial score (nSPS) is 23.4. The van der Waals surface area contributed by atoms with Gasteiger partial charge in [0.15, 0.2) is 0 Å². The van der Waals surface area contributed by atoms with Gasteiger partial charge in [-0.05, 0) is 43.5 Å². The Labute approximate surface area is 224 Å². The van der Waals surface area contributed by atoms with Crippen LogP contribution in [0.2, 0.25) is 0 Å². The van der Waals surface area contributed by atoms with E-state index in [2.05, 4.69) is 32.5 Å². The summed E-state index contributed by atoms with van der Waals surface area (Å²) in [6.45, 7) is 3.49. The third-order valence-corrected chi connectivity index (χ3v) is 8.44. The van der Waals surface area contributed by atoms with E-state index in [0.29, 0.717) is 17.8 Å². The van der Waals surface area contributed by atoms with Gasteiger partial charge in [-0.15, -0.1) is 0 Å². The van der Waals surface area contributed by atoms with Crippen molar-refractivity contribution in [3.63, 3.8) is 0 Å². The number of pyridine rings is 2. The van der Waals surface area contributed by atoms with Crippen LogP contribution in [0.5, 0.6) is 0 Å². The quantitative estimate of drug-likeness (QED) is 0.420. The zero-order valence-corrected chi connectivity index (χ0v) is 21.3. The van der Waals surface area contributed by atoms with Gasteiger partial charge in [-0.3, -0.25) is 19.5 Å². The maximum atomic E-state index is 13.5. The van der Waals surface area contributed by atoms with E-state index < -0.39 is 11.3 Å². The number of anilines is 2. The molecule has 9 nitrogen and oxygen atoms in total. The van der Waals surface area contributed by atoms with E-state index in [0.717, 1.165) is 34.7 Å². The summed E-state index contributed by atoms with van der Waals surface area (Å²) in [5, 5.41) is 9.29. The highest BCUT2D eigenvalue weighted by atomic mass is 32.2. The van der Waals surface area contributed by atoms with E-state index in [1.807, 2.05) is 42.5 Å². The molecule has 1 fully saturated rings. The molecule has 192 valence electrons. The van der Waals surface area contributed by atoms with Crippen molar-refractivity contribution in [1.82, 2.24) is 25.9 Å². The van der Waals surface area contributed by atoms with Gasteiger partial charge < -0.3 is 16.0 Å². The van der Waals surface area contributed by atoms with Crippen molar-refractivity contribution >= 4 is 41.0 Å². The molecular formula is C28H26N6O3S. The maximum absolute atomic E-state index is 13.5. The van der Waals surface area contributed by atoms with Crippen LogP contribution in [0.4, 0.5) is 16.2 Å². The van der Waals surface area contributed by atoms with Crippen LogP contribution >= 0.6 is 11.8 Å². The van der Waals surface area contributed by atoms with Crippen molar-refractivity contribution < 1.29 is 14.4 Å². The smallest absolute Gasteiger partial charge is 0.327 e. The molecule has 0 radical (unpaired) electrons. The summed E-state index contributed by atoms with van der Waals surface area (Å²) in [6, 6.07) is 14.5. The first-order valence-corrected chi connectivity index (χ1v) is 13.4. The minimum atomic E-state index is -0.538. The van der Waals surface area contributed by atoms with Crippen molar-refractivity contribution in [1.29, 1.82) is 0 Å². The number of urea groups is 1. The summed E-state index contributed by atoms with van der Waals surface area (Å²) in [4.78, 5) is 49.1. The van der Waals surface area contributed by atoms with Gasteiger partial charge >= 0.3 is 6.03 Å². The molecule has 4 heterocycles. The molecule has 2 aromatic heterocycles. The van der Waals surface area contributed by atoms with Crippen LogP contribution in [0.15, 0.2) is 78.6 Å². The first-order chi connectivity index (χ1) is 18.5. The Kier molecular flexibility index (Phi) is 6.32. The number of hydrogen-bond donors (Lipinski definition) is 3. The Balaban J connectivity index is 1.23. The number of benzene rings is 1. The third-order valence-electron chi connectivity index (χ3n) is 7.15. The van der Waals surface area contributed by atoms with Crippen LogP contribution in [-0.4, -0.2) is 45.1 Å². The molecule has 4 atom stereocenters. The highest BCUT2D eigenvalue weighted by Gasteiger charge is 2.47. The first kappa shape index (κ1) is 24.2. The van der Waals surface area contributed by atoms with E-state index in [1.54, 1.807) is 23.4 Å². The van der Waals surface area contributed by atoms with Gasteiger partial charge in [-0.25, -0.2) is 9.78 Å². The highest BCUT2D eigenvalue weighted by molar-refractivity contribution is 8.01. The number of aromatic nitrogens is 2. The van der Waals surface area contributed by atoms with Crippen molar-refractivity contribution in [3.05, 3.63) is 79.1 Å². The predicted octanol–water partition coefficient (Wildman–Crippen LogP) is 3.86. The number of amides is 4. The lowest BCUT2D eigenvalue weighted by Gasteiger charge is -2.34. The molecular weight excluding hydrogens is 500 g/mol. The summed E-state index contributed by atoms with van der Waals surface area (Å²) in [6.07, 6.45) is 6.85. The van der Waals surface area contributed by atoms with E-state index in [9.17, 15) is 14.4 Å². The molecule has 2 unspecified atom stereocenters. The van der Waals surface area contributed by atoms with Crippen molar-refractivity contribution in [3.8, 4) is 11.3 Å². The van der Waals surface area contributed by atoms with Crippen molar-refractivity contribution in [2.75, 3.05) is 4.90 Å². The number of thioether (sulfide) groups is 1. The Hall–Kier alpha value is -4.18. The maximum Gasteiger partial charge on any atom is 0.327 e. The molecule has 3 aliphatic rings. The van der Waals surface area contributed by atoms with Crippen LogP contribution in [0.3, 0.4) is 0 Å². The van der Waals surface area contributed by atoms with Crippen LogP contribution in [0.1, 0.15) is 30.9 Å². The third kappa shape index (κ3) is 4.41.